The van der Waals surface area contributed by atoms with Crippen molar-refractivity contribution in [1.82, 2.24) is 0 Å². The number of anilines is 1. The Kier molecular flexibility index (Phi) is 2.90. The molecule has 1 N–H and O–H groups in total. The van der Waals surface area contributed by atoms with Gasteiger partial charge < -0.3 is 5.11 Å². The van der Waals surface area contributed by atoms with Crippen molar-refractivity contribution in [3.8, 4) is 0 Å². The van der Waals surface area contributed by atoms with Gasteiger partial charge in [-0.1, -0.05) is 0 Å². The molecule has 0 bridgehead atoms. The van der Waals surface area contributed by atoms with Crippen molar-refractivity contribution in [2.75, 3.05) is 4.42 Å². The van der Waals surface area contributed by atoms with Crippen molar-refractivity contribution < 1.29 is 14.7 Å². The third-order valence-corrected chi connectivity index (χ3v) is 2.74. The molecule has 4 nitrogen and oxygen atoms in total. The fourth-order valence-corrected chi connectivity index (χ4v) is 1.81. The molecular weight excluding hydrogens is 214 g/mol. The van der Waals surface area contributed by atoms with Crippen LogP contribution in [0.15, 0.2) is 11.4 Å². The SMILES string of the molecule is CC(=O)N(Cl)c1sccc1C(=O)O. The molecule has 0 radical (unpaired) electrons. The summed E-state index contributed by atoms with van der Waals surface area (Å²) in [5.41, 5.74) is 0.0372. The van der Waals surface area contributed by atoms with E-state index in [-0.39, 0.29) is 10.6 Å². The van der Waals surface area contributed by atoms with Crippen LogP contribution in [-0.2, 0) is 4.79 Å². The van der Waals surface area contributed by atoms with Gasteiger partial charge in [0.25, 0.3) is 0 Å². The van der Waals surface area contributed by atoms with Gasteiger partial charge in [0.1, 0.15) is 5.00 Å². The van der Waals surface area contributed by atoms with E-state index in [1.807, 2.05) is 0 Å². The Bertz CT molecular complexity index is 349. The molecule has 0 aromatic carbocycles. The van der Waals surface area contributed by atoms with Crippen LogP contribution in [-0.4, -0.2) is 17.0 Å². The van der Waals surface area contributed by atoms with Crippen LogP contribution in [0.3, 0.4) is 0 Å². The topological polar surface area (TPSA) is 57.6 Å². The number of carboxylic acid groups (broad SMARTS) is 1. The number of hydrogen-bond donors (Lipinski definition) is 1. The van der Waals surface area contributed by atoms with Crippen LogP contribution in [0.25, 0.3) is 0 Å². The number of halogens is 1. The van der Waals surface area contributed by atoms with Crippen molar-refractivity contribution in [3.63, 3.8) is 0 Å². The van der Waals surface area contributed by atoms with Gasteiger partial charge in [-0.15, -0.1) is 11.3 Å². The fourth-order valence-electron chi connectivity index (χ4n) is 0.759. The summed E-state index contributed by atoms with van der Waals surface area (Å²) in [6.07, 6.45) is 0. The molecule has 0 aliphatic heterocycles. The molecule has 6 heteroatoms. The Balaban J connectivity index is 3.07. The monoisotopic (exact) mass is 219 g/mol. The van der Waals surface area contributed by atoms with Crippen LogP contribution in [0.2, 0.25) is 0 Å². The van der Waals surface area contributed by atoms with Crippen molar-refractivity contribution in [2.24, 2.45) is 0 Å². The molecule has 0 unspecified atom stereocenters. The molecule has 1 aromatic rings. The van der Waals surface area contributed by atoms with E-state index in [0.717, 1.165) is 15.8 Å². The molecule has 0 aliphatic rings. The molecule has 1 heterocycles. The lowest BCUT2D eigenvalue weighted by atomic mass is 10.3. The van der Waals surface area contributed by atoms with E-state index in [1.54, 1.807) is 5.38 Å². The summed E-state index contributed by atoms with van der Waals surface area (Å²) in [7, 11) is 0. The average molecular weight is 220 g/mol. The lowest BCUT2D eigenvalue weighted by Gasteiger charge is -2.08. The number of carbonyl (C=O) groups excluding carboxylic acids is 1. The normalized spacial score (nSPS) is 9.69. The van der Waals surface area contributed by atoms with Crippen molar-refractivity contribution >= 4 is 40.0 Å². The summed E-state index contributed by atoms with van der Waals surface area (Å²) in [5, 5.41) is 10.5. The third-order valence-electron chi connectivity index (χ3n) is 1.33. The van der Waals surface area contributed by atoms with Crippen LogP contribution in [0, 0.1) is 0 Å². The predicted molar refractivity (Wildman–Crippen MR) is 50.3 cm³/mol. The van der Waals surface area contributed by atoms with Gasteiger partial charge in [0.05, 0.1) is 5.56 Å². The van der Waals surface area contributed by atoms with Gasteiger partial charge in [-0.2, -0.15) is 0 Å². The quantitative estimate of drug-likeness (QED) is 0.774. The van der Waals surface area contributed by atoms with Crippen LogP contribution in [0.5, 0.6) is 0 Å². The van der Waals surface area contributed by atoms with Gasteiger partial charge in [0.2, 0.25) is 5.91 Å². The number of carboxylic acids is 1. The van der Waals surface area contributed by atoms with E-state index in [2.05, 4.69) is 0 Å². The number of rotatable bonds is 2. The number of nitrogens with zero attached hydrogens (tertiary/aromatic N) is 1. The predicted octanol–water partition coefficient (Wildman–Crippen LogP) is 1.95. The maximum absolute atomic E-state index is 10.8. The van der Waals surface area contributed by atoms with Gasteiger partial charge >= 0.3 is 5.97 Å². The number of aromatic carboxylic acids is 1. The minimum Gasteiger partial charge on any atom is -0.478 e. The van der Waals surface area contributed by atoms with Crippen LogP contribution < -0.4 is 4.42 Å². The van der Waals surface area contributed by atoms with Crippen molar-refractivity contribution in [3.05, 3.63) is 17.0 Å². The average Bonchev–Trinajstić information content (AvgIpc) is 2.50. The van der Waals surface area contributed by atoms with Gasteiger partial charge in [-0.05, 0) is 11.4 Å². The third kappa shape index (κ3) is 1.99. The largest absolute Gasteiger partial charge is 0.478 e. The highest BCUT2D eigenvalue weighted by Crippen LogP contribution is 2.29. The van der Waals surface area contributed by atoms with E-state index < -0.39 is 11.9 Å². The van der Waals surface area contributed by atoms with E-state index in [4.69, 9.17) is 16.9 Å². The van der Waals surface area contributed by atoms with E-state index in [9.17, 15) is 9.59 Å². The summed E-state index contributed by atoms with van der Waals surface area (Å²) in [5.74, 6) is -1.50. The Labute approximate surface area is 83.5 Å². The van der Waals surface area contributed by atoms with Crippen LogP contribution in [0.1, 0.15) is 17.3 Å². The molecule has 1 aromatic heterocycles. The zero-order valence-electron chi connectivity index (χ0n) is 6.65. The minimum atomic E-state index is -1.09. The first-order valence-corrected chi connectivity index (χ1v) is 4.53. The molecule has 0 aliphatic carbocycles. The Hall–Kier alpha value is -1.07. The molecule has 0 atom stereocenters. The molecule has 0 saturated heterocycles. The molecule has 0 spiro atoms. The highest BCUT2D eigenvalue weighted by molar-refractivity contribution is 7.15. The Morgan fingerprint density at radius 1 is 1.62 bits per heavy atom. The first-order chi connectivity index (χ1) is 6.04. The summed E-state index contributed by atoms with van der Waals surface area (Å²) in [6.45, 7) is 1.26. The second kappa shape index (κ2) is 3.76. The highest BCUT2D eigenvalue weighted by atomic mass is 35.5. The summed E-state index contributed by atoms with van der Waals surface area (Å²) in [4.78, 5) is 21.4. The maximum atomic E-state index is 10.8. The first-order valence-electron chi connectivity index (χ1n) is 3.31. The molecule has 1 rings (SSSR count). The van der Waals surface area contributed by atoms with Crippen molar-refractivity contribution in [2.45, 2.75) is 6.92 Å². The van der Waals surface area contributed by atoms with Gasteiger partial charge in [-0.25, -0.2) is 9.21 Å². The van der Waals surface area contributed by atoms with Crippen LogP contribution in [0.4, 0.5) is 5.00 Å². The number of hydrogen-bond acceptors (Lipinski definition) is 3. The van der Waals surface area contributed by atoms with Gasteiger partial charge in [-0.3, -0.25) is 4.79 Å². The highest BCUT2D eigenvalue weighted by Gasteiger charge is 2.18. The molecule has 0 saturated carbocycles. The van der Waals surface area contributed by atoms with Crippen molar-refractivity contribution in [1.29, 1.82) is 0 Å². The Morgan fingerprint density at radius 2 is 2.23 bits per heavy atom. The smallest absolute Gasteiger partial charge is 0.338 e. The van der Waals surface area contributed by atoms with Crippen LogP contribution >= 0.6 is 23.1 Å². The lowest BCUT2D eigenvalue weighted by molar-refractivity contribution is -0.115. The summed E-state index contributed by atoms with van der Waals surface area (Å²) < 4.78 is 0.800. The van der Waals surface area contributed by atoms with E-state index in [1.165, 1.54) is 13.0 Å². The summed E-state index contributed by atoms with van der Waals surface area (Å²) >= 11 is 6.67. The fraction of sp³-hybridized carbons (Fsp3) is 0.143. The zero-order chi connectivity index (χ0) is 10.0. The first kappa shape index (κ1) is 10.0. The molecule has 1 amide bonds. The second-order valence-corrected chi connectivity index (χ2v) is 3.48. The van der Waals surface area contributed by atoms with Gasteiger partial charge in [0, 0.05) is 18.7 Å². The summed E-state index contributed by atoms with van der Waals surface area (Å²) in [6, 6.07) is 1.40. The number of amides is 1. The zero-order valence-corrected chi connectivity index (χ0v) is 8.22. The Morgan fingerprint density at radius 3 is 2.69 bits per heavy atom. The molecule has 70 valence electrons. The van der Waals surface area contributed by atoms with E-state index in [0.29, 0.717) is 0 Å². The second-order valence-electron chi connectivity index (χ2n) is 2.24. The minimum absolute atomic E-state index is 0.0372. The number of carbonyl (C=O) groups is 2. The lowest BCUT2D eigenvalue weighted by Crippen LogP contribution is -2.17. The van der Waals surface area contributed by atoms with E-state index >= 15 is 0 Å². The molecular formula is C7H6ClNO3S. The standard InChI is InChI=1S/C7H6ClNO3S/c1-4(10)9(8)6-5(7(11)12)2-3-13-6/h2-3H,1H3,(H,11,12). The molecule has 13 heavy (non-hydrogen) atoms. The number of thiophene rings is 1. The molecule has 0 fully saturated rings. The van der Waals surface area contributed by atoms with Gasteiger partial charge in [0.15, 0.2) is 0 Å². The maximum Gasteiger partial charge on any atom is 0.338 e.